The van der Waals surface area contributed by atoms with Gasteiger partial charge in [0.15, 0.2) is 5.65 Å². The molecule has 214 valence electrons. The topological polar surface area (TPSA) is 76.4 Å². The summed E-state index contributed by atoms with van der Waals surface area (Å²) >= 11 is 0. The monoisotopic (exact) mass is 564 g/mol. The number of aromatic nitrogens is 4. The molecule has 0 aliphatic carbocycles. The number of carbonyl (C=O) groups excluding carboxylic acids is 1. The second-order valence-corrected chi connectivity index (χ2v) is 10.7. The van der Waals surface area contributed by atoms with E-state index in [1.165, 1.54) is 17.7 Å². The first-order valence-corrected chi connectivity index (χ1v) is 14.2. The average molecular weight is 565 g/mol. The minimum absolute atomic E-state index is 0.0102. The zero-order valence-electron chi connectivity index (χ0n) is 24.0. The van der Waals surface area contributed by atoms with Crippen LogP contribution in [0.4, 0.5) is 10.2 Å². The molecular formula is C33H33FN6O2. The second-order valence-electron chi connectivity index (χ2n) is 10.7. The lowest BCUT2D eigenvalue weighted by molar-refractivity contribution is 0.0766. The molecule has 8 nitrogen and oxygen atoms in total. The molecule has 5 aromatic rings. The van der Waals surface area contributed by atoms with Crippen LogP contribution in [0.15, 0.2) is 72.8 Å². The van der Waals surface area contributed by atoms with E-state index in [2.05, 4.69) is 36.1 Å². The van der Waals surface area contributed by atoms with E-state index in [-0.39, 0.29) is 11.7 Å². The van der Waals surface area contributed by atoms with Crippen LogP contribution in [0, 0.1) is 19.7 Å². The number of rotatable bonds is 6. The standard InChI is InChI=1S/C33H33FN6O2/c1-22-8-10-24(11-9-22)20-29-35-31(30-23(2)37-40(32(30)36-29)27-14-12-26(34)13-15-27)38-16-5-17-39(19-18-38)33(41)25-6-4-7-28(21-25)42-3/h4,6-15,21H,5,16-20H2,1-3H3. The summed E-state index contributed by atoms with van der Waals surface area (Å²) in [5.41, 5.74) is 5.12. The minimum atomic E-state index is -0.306. The van der Waals surface area contributed by atoms with E-state index in [1.54, 1.807) is 30.0 Å². The van der Waals surface area contributed by atoms with Crippen LogP contribution in [0.1, 0.15) is 39.4 Å². The molecule has 2 aromatic heterocycles. The number of hydrogen-bond acceptors (Lipinski definition) is 6. The van der Waals surface area contributed by atoms with Crippen LogP contribution in [-0.2, 0) is 6.42 Å². The van der Waals surface area contributed by atoms with Gasteiger partial charge >= 0.3 is 0 Å². The second kappa shape index (κ2) is 11.6. The number of nitrogens with zero attached hydrogens (tertiary/aromatic N) is 6. The predicted molar refractivity (Wildman–Crippen MR) is 161 cm³/mol. The number of carbonyl (C=O) groups is 1. The largest absolute Gasteiger partial charge is 0.497 e. The molecule has 0 atom stereocenters. The molecule has 9 heteroatoms. The van der Waals surface area contributed by atoms with Gasteiger partial charge in [0.1, 0.15) is 23.2 Å². The van der Waals surface area contributed by atoms with Crippen LogP contribution < -0.4 is 9.64 Å². The van der Waals surface area contributed by atoms with Crippen molar-refractivity contribution in [1.29, 1.82) is 0 Å². The Morgan fingerprint density at radius 1 is 0.929 bits per heavy atom. The Morgan fingerprint density at radius 2 is 1.71 bits per heavy atom. The minimum Gasteiger partial charge on any atom is -0.497 e. The Hall–Kier alpha value is -4.79. The van der Waals surface area contributed by atoms with Gasteiger partial charge in [0.05, 0.1) is 23.9 Å². The third-order valence-electron chi connectivity index (χ3n) is 7.68. The molecule has 3 aromatic carbocycles. The van der Waals surface area contributed by atoms with Crippen LogP contribution in [-0.4, -0.2) is 63.8 Å². The maximum absolute atomic E-state index is 13.7. The quantitative estimate of drug-likeness (QED) is 0.270. The number of fused-ring (bicyclic) bond motifs is 1. The third kappa shape index (κ3) is 5.54. The number of ether oxygens (including phenoxy) is 1. The van der Waals surface area contributed by atoms with E-state index in [4.69, 9.17) is 19.8 Å². The van der Waals surface area contributed by atoms with E-state index in [9.17, 15) is 9.18 Å². The first kappa shape index (κ1) is 27.4. The van der Waals surface area contributed by atoms with Crippen molar-refractivity contribution in [2.24, 2.45) is 0 Å². The number of methoxy groups -OCH3 is 1. The molecule has 0 N–H and O–H groups in total. The number of halogens is 1. The Bertz CT molecular complexity index is 1730. The smallest absolute Gasteiger partial charge is 0.254 e. The molecule has 42 heavy (non-hydrogen) atoms. The van der Waals surface area contributed by atoms with Crippen LogP contribution in [0.5, 0.6) is 5.75 Å². The highest BCUT2D eigenvalue weighted by Gasteiger charge is 2.26. The summed E-state index contributed by atoms with van der Waals surface area (Å²) in [7, 11) is 1.60. The summed E-state index contributed by atoms with van der Waals surface area (Å²) < 4.78 is 20.8. The summed E-state index contributed by atoms with van der Waals surface area (Å²) in [4.78, 5) is 27.6. The molecule has 1 aliphatic heterocycles. The van der Waals surface area contributed by atoms with E-state index >= 15 is 0 Å². The highest BCUT2D eigenvalue weighted by atomic mass is 19.1. The number of benzene rings is 3. The first-order chi connectivity index (χ1) is 20.4. The fourth-order valence-corrected chi connectivity index (χ4v) is 5.44. The van der Waals surface area contributed by atoms with Crippen molar-refractivity contribution in [3.8, 4) is 11.4 Å². The maximum Gasteiger partial charge on any atom is 0.254 e. The van der Waals surface area contributed by atoms with Gasteiger partial charge in [0.25, 0.3) is 5.91 Å². The lowest BCUT2D eigenvalue weighted by Gasteiger charge is -2.24. The number of aryl methyl sites for hydroxylation is 2. The molecule has 6 rings (SSSR count). The zero-order chi connectivity index (χ0) is 29.2. The number of amides is 1. The molecule has 0 bridgehead atoms. The molecule has 0 spiro atoms. The molecule has 1 aliphatic rings. The van der Waals surface area contributed by atoms with E-state index in [1.807, 2.05) is 30.0 Å². The van der Waals surface area contributed by atoms with Gasteiger partial charge in [-0.3, -0.25) is 4.79 Å². The SMILES string of the molecule is COc1cccc(C(=O)N2CCCN(c3nc(Cc4ccc(C)cc4)nc4c3c(C)nn4-c3ccc(F)cc3)CC2)c1. The van der Waals surface area contributed by atoms with Gasteiger partial charge in [-0.2, -0.15) is 5.10 Å². The summed E-state index contributed by atoms with van der Waals surface area (Å²) in [6, 6.07) is 21.9. The van der Waals surface area contributed by atoms with Gasteiger partial charge in [0, 0.05) is 38.2 Å². The highest BCUT2D eigenvalue weighted by Crippen LogP contribution is 2.30. The summed E-state index contributed by atoms with van der Waals surface area (Å²) in [6.45, 7) is 6.57. The van der Waals surface area contributed by atoms with Crippen LogP contribution in [0.2, 0.25) is 0 Å². The van der Waals surface area contributed by atoms with Crippen LogP contribution in [0.25, 0.3) is 16.7 Å². The van der Waals surface area contributed by atoms with Crippen molar-refractivity contribution in [2.75, 3.05) is 38.2 Å². The molecule has 0 unspecified atom stereocenters. The van der Waals surface area contributed by atoms with Crippen molar-refractivity contribution in [2.45, 2.75) is 26.7 Å². The van der Waals surface area contributed by atoms with Crippen molar-refractivity contribution in [1.82, 2.24) is 24.6 Å². The van der Waals surface area contributed by atoms with Crippen molar-refractivity contribution in [3.05, 3.63) is 107 Å². The van der Waals surface area contributed by atoms with Crippen molar-refractivity contribution >= 4 is 22.8 Å². The van der Waals surface area contributed by atoms with Gasteiger partial charge in [-0.25, -0.2) is 19.0 Å². The lowest BCUT2D eigenvalue weighted by atomic mass is 10.1. The molecular weight excluding hydrogens is 531 g/mol. The molecule has 1 fully saturated rings. The summed E-state index contributed by atoms with van der Waals surface area (Å²) in [5, 5.41) is 5.68. The van der Waals surface area contributed by atoms with Crippen LogP contribution >= 0.6 is 0 Å². The zero-order valence-corrected chi connectivity index (χ0v) is 24.0. The van der Waals surface area contributed by atoms with Gasteiger partial charge in [-0.15, -0.1) is 0 Å². The lowest BCUT2D eigenvalue weighted by Crippen LogP contribution is -2.35. The normalized spacial score (nSPS) is 13.8. The summed E-state index contributed by atoms with van der Waals surface area (Å²) in [5.74, 6) is 1.83. The Morgan fingerprint density at radius 3 is 2.48 bits per heavy atom. The van der Waals surface area contributed by atoms with Gasteiger partial charge in [-0.05, 0) is 68.3 Å². The van der Waals surface area contributed by atoms with Gasteiger partial charge < -0.3 is 14.5 Å². The number of anilines is 1. The number of hydrogen-bond donors (Lipinski definition) is 0. The maximum atomic E-state index is 13.7. The molecule has 0 saturated carbocycles. The molecule has 3 heterocycles. The van der Waals surface area contributed by atoms with E-state index < -0.39 is 0 Å². The fourth-order valence-electron chi connectivity index (χ4n) is 5.44. The average Bonchev–Trinajstić information content (AvgIpc) is 3.17. The summed E-state index contributed by atoms with van der Waals surface area (Å²) in [6.07, 6.45) is 1.35. The molecule has 1 amide bonds. The fraction of sp³-hybridized carbons (Fsp3) is 0.273. The van der Waals surface area contributed by atoms with E-state index in [0.717, 1.165) is 41.1 Å². The van der Waals surface area contributed by atoms with Crippen molar-refractivity contribution in [3.63, 3.8) is 0 Å². The van der Waals surface area contributed by atoms with E-state index in [0.29, 0.717) is 48.8 Å². The highest BCUT2D eigenvalue weighted by molar-refractivity contribution is 5.95. The molecule has 1 saturated heterocycles. The first-order valence-electron chi connectivity index (χ1n) is 14.2. The van der Waals surface area contributed by atoms with Crippen LogP contribution in [0.3, 0.4) is 0 Å². The molecule has 0 radical (unpaired) electrons. The van der Waals surface area contributed by atoms with Gasteiger partial charge in [0.2, 0.25) is 0 Å². The Kier molecular flexibility index (Phi) is 7.56. The van der Waals surface area contributed by atoms with Crippen molar-refractivity contribution < 1.29 is 13.9 Å². The predicted octanol–water partition coefficient (Wildman–Crippen LogP) is 5.52. The third-order valence-corrected chi connectivity index (χ3v) is 7.68. The Balaban J connectivity index is 1.37. The van der Waals surface area contributed by atoms with Gasteiger partial charge in [-0.1, -0.05) is 35.9 Å². The Labute approximate surface area is 244 Å².